The summed E-state index contributed by atoms with van der Waals surface area (Å²) in [6, 6.07) is 11.6. The van der Waals surface area contributed by atoms with Crippen molar-refractivity contribution in [2.45, 2.75) is 6.10 Å². The molecule has 2 rings (SSSR count). The number of nitro benzene ring substituents is 1. The minimum Gasteiger partial charge on any atom is -0.493 e. The summed E-state index contributed by atoms with van der Waals surface area (Å²) in [7, 11) is 2.69. The van der Waals surface area contributed by atoms with E-state index in [1.807, 2.05) is 0 Å². The standard InChI is InChI=1S/C16H14NO6/c1-21-13-9-8-12(14(17(19)20)16(13)22-2)15(23-10-18)11-6-4-3-5-7-11/h3-9,15H,1-2H3. The van der Waals surface area contributed by atoms with Crippen molar-refractivity contribution in [1.29, 1.82) is 0 Å². The van der Waals surface area contributed by atoms with Gasteiger partial charge in [0.25, 0.3) is 0 Å². The molecule has 0 fully saturated rings. The lowest BCUT2D eigenvalue weighted by atomic mass is 9.99. The van der Waals surface area contributed by atoms with Crippen LogP contribution in [0.3, 0.4) is 0 Å². The van der Waals surface area contributed by atoms with Crippen molar-refractivity contribution in [1.82, 2.24) is 0 Å². The largest absolute Gasteiger partial charge is 0.493 e. The molecule has 23 heavy (non-hydrogen) atoms. The van der Waals surface area contributed by atoms with E-state index in [0.29, 0.717) is 5.56 Å². The summed E-state index contributed by atoms with van der Waals surface area (Å²) in [5.41, 5.74) is 0.421. The first-order valence-corrected chi connectivity index (χ1v) is 6.61. The van der Waals surface area contributed by atoms with Gasteiger partial charge in [0.15, 0.2) is 11.9 Å². The van der Waals surface area contributed by atoms with Gasteiger partial charge in [-0.3, -0.25) is 10.1 Å². The Morgan fingerprint density at radius 3 is 2.30 bits per heavy atom. The molecule has 2 aromatic carbocycles. The van der Waals surface area contributed by atoms with Crippen LogP contribution >= 0.6 is 0 Å². The van der Waals surface area contributed by atoms with E-state index in [9.17, 15) is 14.9 Å². The van der Waals surface area contributed by atoms with Gasteiger partial charge < -0.3 is 14.2 Å². The van der Waals surface area contributed by atoms with Crippen molar-refractivity contribution >= 4 is 12.2 Å². The van der Waals surface area contributed by atoms with Crippen molar-refractivity contribution in [3.8, 4) is 11.5 Å². The van der Waals surface area contributed by atoms with Crippen LogP contribution < -0.4 is 9.47 Å². The van der Waals surface area contributed by atoms with Crippen LogP contribution in [0, 0.1) is 10.1 Å². The molecule has 119 valence electrons. The third kappa shape index (κ3) is 3.23. The van der Waals surface area contributed by atoms with Gasteiger partial charge >= 0.3 is 12.2 Å². The van der Waals surface area contributed by atoms with E-state index >= 15 is 0 Å². The van der Waals surface area contributed by atoms with Gasteiger partial charge in [-0.15, -0.1) is 0 Å². The molecule has 0 bridgehead atoms. The maximum absolute atomic E-state index is 11.5. The number of hydrogen-bond donors (Lipinski definition) is 0. The Morgan fingerprint density at radius 2 is 1.78 bits per heavy atom. The molecule has 1 atom stereocenters. The molecule has 0 amide bonds. The first kappa shape index (κ1) is 16.3. The Hall–Kier alpha value is -3.09. The van der Waals surface area contributed by atoms with Gasteiger partial charge in [-0.2, -0.15) is 0 Å². The van der Waals surface area contributed by atoms with E-state index in [1.54, 1.807) is 30.3 Å². The van der Waals surface area contributed by atoms with E-state index in [1.165, 1.54) is 32.8 Å². The van der Waals surface area contributed by atoms with Crippen molar-refractivity contribution < 1.29 is 23.9 Å². The molecule has 0 aliphatic rings. The van der Waals surface area contributed by atoms with E-state index in [2.05, 4.69) is 0 Å². The molecule has 1 unspecified atom stereocenters. The maximum Gasteiger partial charge on any atom is 0.418 e. The molecule has 0 spiro atoms. The van der Waals surface area contributed by atoms with Crippen molar-refractivity contribution in [2.75, 3.05) is 14.2 Å². The Kier molecular flexibility index (Phi) is 5.14. The van der Waals surface area contributed by atoms with E-state index in [0.717, 1.165) is 0 Å². The molecule has 0 saturated heterocycles. The fraction of sp³-hybridized carbons (Fsp3) is 0.188. The summed E-state index contributed by atoms with van der Waals surface area (Å²) in [6.45, 7) is 1.35. The van der Waals surface area contributed by atoms with E-state index in [-0.39, 0.29) is 22.7 Å². The van der Waals surface area contributed by atoms with Crippen molar-refractivity contribution in [3.63, 3.8) is 0 Å². The Labute approximate surface area is 132 Å². The van der Waals surface area contributed by atoms with Gasteiger partial charge in [0.05, 0.1) is 24.7 Å². The zero-order chi connectivity index (χ0) is 16.8. The summed E-state index contributed by atoms with van der Waals surface area (Å²) < 4.78 is 15.2. The molecule has 1 radical (unpaired) electrons. The van der Waals surface area contributed by atoms with Crippen molar-refractivity contribution in [2.24, 2.45) is 0 Å². The normalized spacial score (nSPS) is 11.4. The summed E-state index contributed by atoms with van der Waals surface area (Å²) >= 11 is 0. The highest BCUT2D eigenvalue weighted by atomic mass is 16.6. The Morgan fingerprint density at radius 1 is 1.09 bits per heavy atom. The second-order valence-corrected chi connectivity index (χ2v) is 4.49. The zero-order valence-corrected chi connectivity index (χ0v) is 12.5. The average molecular weight is 316 g/mol. The summed E-state index contributed by atoms with van der Waals surface area (Å²) in [5, 5.41) is 11.5. The molecule has 0 heterocycles. The van der Waals surface area contributed by atoms with Gasteiger partial charge in [0, 0.05) is 0 Å². The molecule has 0 aromatic heterocycles. The number of carbonyl (C=O) groups excluding carboxylic acids is 1. The van der Waals surface area contributed by atoms with Crippen LogP contribution in [0.5, 0.6) is 11.5 Å². The second-order valence-electron chi connectivity index (χ2n) is 4.49. The number of rotatable bonds is 7. The predicted molar refractivity (Wildman–Crippen MR) is 81.3 cm³/mol. The third-order valence-corrected chi connectivity index (χ3v) is 3.28. The minimum absolute atomic E-state index is 0.0366. The fourth-order valence-electron chi connectivity index (χ4n) is 2.31. The monoisotopic (exact) mass is 316 g/mol. The average Bonchev–Trinajstić information content (AvgIpc) is 2.59. The van der Waals surface area contributed by atoms with Gasteiger partial charge in [0.1, 0.15) is 0 Å². The molecular formula is C16H14NO6. The summed E-state index contributed by atoms with van der Waals surface area (Å²) in [5.74, 6) is 0.176. The van der Waals surface area contributed by atoms with E-state index in [4.69, 9.17) is 14.2 Å². The molecular weight excluding hydrogens is 302 g/mol. The molecule has 0 saturated carbocycles. The summed E-state index contributed by atoms with van der Waals surface area (Å²) in [6.07, 6.45) is -0.978. The third-order valence-electron chi connectivity index (χ3n) is 3.28. The molecule has 0 aliphatic carbocycles. The van der Waals surface area contributed by atoms with Gasteiger partial charge in [0.2, 0.25) is 5.75 Å². The second kappa shape index (κ2) is 7.26. The SMILES string of the molecule is COc1ccc(C(O[C]=O)c2ccccc2)c([N+](=O)[O-])c1OC. The lowest BCUT2D eigenvalue weighted by molar-refractivity contribution is -0.387. The van der Waals surface area contributed by atoms with Gasteiger partial charge in [-0.25, -0.2) is 4.79 Å². The fourth-order valence-corrected chi connectivity index (χ4v) is 2.31. The van der Waals surface area contributed by atoms with Gasteiger partial charge in [-0.1, -0.05) is 30.3 Å². The first-order chi connectivity index (χ1) is 11.1. The highest BCUT2D eigenvalue weighted by molar-refractivity contribution is 5.63. The van der Waals surface area contributed by atoms with Crippen LogP contribution in [0.25, 0.3) is 0 Å². The number of ether oxygens (including phenoxy) is 3. The lowest BCUT2D eigenvalue weighted by Gasteiger charge is -2.17. The van der Waals surface area contributed by atoms with Crippen molar-refractivity contribution in [3.05, 3.63) is 63.7 Å². The molecule has 2 aromatic rings. The lowest BCUT2D eigenvalue weighted by Crippen LogP contribution is -2.09. The van der Waals surface area contributed by atoms with Crippen LogP contribution in [-0.4, -0.2) is 25.6 Å². The van der Waals surface area contributed by atoms with E-state index < -0.39 is 11.0 Å². The highest BCUT2D eigenvalue weighted by Crippen LogP contribution is 2.43. The topological polar surface area (TPSA) is 87.9 Å². The van der Waals surface area contributed by atoms with Crippen LogP contribution in [0.1, 0.15) is 17.2 Å². The van der Waals surface area contributed by atoms with Gasteiger partial charge in [-0.05, 0) is 17.7 Å². The highest BCUT2D eigenvalue weighted by Gasteiger charge is 2.31. The molecule has 7 heteroatoms. The van der Waals surface area contributed by atoms with Crippen LogP contribution in [-0.2, 0) is 9.53 Å². The number of nitrogens with zero attached hydrogens (tertiary/aromatic N) is 1. The predicted octanol–water partition coefficient (Wildman–Crippen LogP) is 2.79. The number of methoxy groups -OCH3 is 2. The number of nitro groups is 1. The smallest absolute Gasteiger partial charge is 0.418 e. The quantitative estimate of drug-likeness (QED) is 0.576. The first-order valence-electron chi connectivity index (χ1n) is 6.61. The maximum atomic E-state index is 11.5. The number of benzene rings is 2. The Bertz CT molecular complexity index is 701. The molecule has 0 aliphatic heterocycles. The van der Waals surface area contributed by atoms with Crippen LogP contribution in [0.15, 0.2) is 42.5 Å². The van der Waals surface area contributed by atoms with Crippen LogP contribution in [0.2, 0.25) is 0 Å². The minimum atomic E-state index is -0.978. The molecule has 0 N–H and O–H groups in total. The number of hydrogen-bond acceptors (Lipinski definition) is 6. The molecule has 7 nitrogen and oxygen atoms in total. The van der Waals surface area contributed by atoms with Crippen LogP contribution in [0.4, 0.5) is 5.69 Å². The Balaban J connectivity index is 2.68. The zero-order valence-electron chi connectivity index (χ0n) is 12.5. The summed E-state index contributed by atoms with van der Waals surface area (Å²) in [4.78, 5) is 21.7.